The van der Waals surface area contributed by atoms with Crippen molar-refractivity contribution in [2.45, 2.75) is 38.3 Å². The van der Waals surface area contributed by atoms with Crippen LogP contribution in [0, 0.1) is 10.1 Å². The topological polar surface area (TPSA) is 108 Å². The van der Waals surface area contributed by atoms with Crippen LogP contribution < -0.4 is 5.32 Å². The number of aliphatic hydroxyl groups excluding tert-OH is 1. The van der Waals surface area contributed by atoms with Gasteiger partial charge in [-0.2, -0.15) is 5.10 Å². The summed E-state index contributed by atoms with van der Waals surface area (Å²) in [6, 6.07) is 15.7. The van der Waals surface area contributed by atoms with Gasteiger partial charge >= 0.3 is 0 Å². The molecule has 30 heavy (non-hydrogen) atoms. The molecule has 3 rings (SSSR count). The molecule has 2 N–H and O–H groups in total. The number of nitro benzene ring substituents is 1. The van der Waals surface area contributed by atoms with Crippen molar-refractivity contribution in [1.82, 2.24) is 10.3 Å². The predicted molar refractivity (Wildman–Crippen MR) is 114 cm³/mol. The maximum atomic E-state index is 13.0. The highest BCUT2D eigenvalue weighted by molar-refractivity contribution is 6.03. The lowest BCUT2D eigenvalue weighted by molar-refractivity contribution is -0.384. The zero-order chi connectivity index (χ0) is 21.7. The van der Waals surface area contributed by atoms with E-state index in [2.05, 4.69) is 10.4 Å². The van der Waals surface area contributed by atoms with Gasteiger partial charge in [0, 0.05) is 42.6 Å². The van der Waals surface area contributed by atoms with Gasteiger partial charge in [-0.1, -0.05) is 42.5 Å². The number of amides is 1. The van der Waals surface area contributed by atoms with Crippen LogP contribution in [0.3, 0.4) is 0 Å². The first kappa shape index (κ1) is 21.6. The monoisotopic (exact) mass is 410 g/mol. The van der Waals surface area contributed by atoms with Crippen molar-refractivity contribution in [2.75, 3.05) is 13.2 Å². The van der Waals surface area contributed by atoms with Gasteiger partial charge in [0.2, 0.25) is 5.91 Å². The van der Waals surface area contributed by atoms with E-state index < -0.39 is 10.5 Å². The van der Waals surface area contributed by atoms with Crippen molar-refractivity contribution in [3.63, 3.8) is 0 Å². The fourth-order valence-electron chi connectivity index (χ4n) is 3.33. The molecule has 0 fully saturated rings. The van der Waals surface area contributed by atoms with E-state index in [1.807, 2.05) is 44.2 Å². The molecule has 158 valence electrons. The molecule has 1 amide bonds. The van der Waals surface area contributed by atoms with Crippen molar-refractivity contribution < 1.29 is 14.8 Å². The first-order chi connectivity index (χ1) is 14.3. The van der Waals surface area contributed by atoms with Crippen molar-refractivity contribution in [2.24, 2.45) is 5.10 Å². The molecule has 0 radical (unpaired) electrons. The molecule has 0 aromatic heterocycles. The summed E-state index contributed by atoms with van der Waals surface area (Å²) in [4.78, 5) is 23.7. The lowest BCUT2D eigenvalue weighted by Crippen LogP contribution is -2.44. The highest BCUT2D eigenvalue weighted by Gasteiger charge is 2.33. The number of nitrogens with one attached hydrogen (secondary N) is 1. The minimum atomic E-state index is -0.471. The molecule has 1 unspecified atom stereocenters. The third kappa shape index (κ3) is 5.08. The van der Waals surface area contributed by atoms with Crippen molar-refractivity contribution in [3.05, 3.63) is 75.8 Å². The molecule has 8 heteroatoms. The van der Waals surface area contributed by atoms with E-state index in [-0.39, 0.29) is 30.7 Å². The Labute approximate surface area is 175 Å². The summed E-state index contributed by atoms with van der Waals surface area (Å²) in [7, 11) is 0. The maximum absolute atomic E-state index is 13.0. The number of nitrogens with zero attached hydrogens (tertiary/aromatic N) is 3. The number of carbonyl (C=O) groups is 1. The Balaban J connectivity index is 1.83. The second kappa shape index (κ2) is 9.15. The second-order valence-electron chi connectivity index (χ2n) is 7.94. The highest BCUT2D eigenvalue weighted by atomic mass is 16.6. The quantitative estimate of drug-likeness (QED) is 0.514. The normalized spacial score (nSPS) is 16.4. The number of hydrogen-bond acceptors (Lipinski definition) is 6. The Hall–Kier alpha value is -3.10. The third-order valence-electron chi connectivity index (χ3n) is 5.08. The van der Waals surface area contributed by atoms with Crippen LogP contribution in [0.2, 0.25) is 0 Å². The van der Waals surface area contributed by atoms with E-state index in [0.717, 1.165) is 5.56 Å². The Morgan fingerprint density at radius 3 is 2.67 bits per heavy atom. The molecule has 1 aliphatic heterocycles. The lowest BCUT2D eigenvalue weighted by Gasteiger charge is -2.25. The van der Waals surface area contributed by atoms with E-state index in [9.17, 15) is 20.0 Å². The zero-order valence-corrected chi connectivity index (χ0v) is 17.1. The number of non-ortho nitro benzene ring substituents is 1. The Morgan fingerprint density at radius 2 is 2.00 bits per heavy atom. The number of carbonyl (C=O) groups excluding carboxylic acids is 1. The fraction of sp³-hybridized carbons (Fsp3) is 0.364. The number of hydrazone groups is 1. The minimum absolute atomic E-state index is 0.00771. The minimum Gasteiger partial charge on any atom is -0.394 e. The fourth-order valence-corrected chi connectivity index (χ4v) is 3.33. The van der Waals surface area contributed by atoms with E-state index in [1.54, 1.807) is 12.1 Å². The van der Waals surface area contributed by atoms with Crippen molar-refractivity contribution in [3.8, 4) is 0 Å². The largest absolute Gasteiger partial charge is 0.394 e. The molecular weight excluding hydrogens is 384 g/mol. The molecule has 8 nitrogen and oxygen atoms in total. The summed E-state index contributed by atoms with van der Waals surface area (Å²) >= 11 is 0. The summed E-state index contributed by atoms with van der Waals surface area (Å²) in [6.45, 7) is 4.09. The van der Waals surface area contributed by atoms with E-state index in [1.165, 1.54) is 17.1 Å². The Morgan fingerprint density at radius 1 is 1.27 bits per heavy atom. The van der Waals surface area contributed by atoms with Crippen LogP contribution in [0.5, 0.6) is 0 Å². The predicted octanol–water partition coefficient (Wildman–Crippen LogP) is 3.02. The number of aliphatic hydroxyl groups is 1. The van der Waals surface area contributed by atoms with Gasteiger partial charge in [-0.05, 0) is 19.4 Å². The summed E-state index contributed by atoms with van der Waals surface area (Å²) < 4.78 is 0. The molecular formula is C22H26N4O4. The van der Waals surface area contributed by atoms with Crippen LogP contribution in [-0.2, 0) is 4.79 Å². The van der Waals surface area contributed by atoms with Gasteiger partial charge in [-0.15, -0.1) is 0 Å². The molecule has 0 bridgehead atoms. The number of hydrogen-bond donors (Lipinski definition) is 2. The first-order valence-corrected chi connectivity index (χ1v) is 9.86. The molecule has 0 spiro atoms. The summed E-state index contributed by atoms with van der Waals surface area (Å²) in [5, 5.41) is 29.7. The molecule has 1 aliphatic rings. The summed E-state index contributed by atoms with van der Waals surface area (Å²) in [5.41, 5.74) is 1.76. The van der Waals surface area contributed by atoms with Gasteiger partial charge < -0.3 is 10.4 Å². The van der Waals surface area contributed by atoms with Gasteiger partial charge in [0.05, 0.1) is 23.3 Å². The average Bonchev–Trinajstić information content (AvgIpc) is 3.20. The Kier molecular flexibility index (Phi) is 6.59. The first-order valence-electron chi connectivity index (χ1n) is 9.86. The van der Waals surface area contributed by atoms with Crippen LogP contribution in [0.25, 0.3) is 0 Å². The molecule has 0 saturated carbocycles. The van der Waals surface area contributed by atoms with Gasteiger partial charge in [-0.25, -0.2) is 5.01 Å². The second-order valence-corrected chi connectivity index (χ2v) is 7.94. The lowest BCUT2D eigenvalue weighted by atomic mass is 9.98. The van der Waals surface area contributed by atoms with Crippen LogP contribution in [-0.4, -0.2) is 45.3 Å². The number of benzene rings is 2. The van der Waals surface area contributed by atoms with Crippen LogP contribution in [0.1, 0.15) is 43.9 Å². The van der Waals surface area contributed by atoms with Gasteiger partial charge in [0.25, 0.3) is 5.69 Å². The smallest absolute Gasteiger partial charge is 0.270 e. The SMILES string of the molecule is CC(C)(CO)NCCC(=O)N1N=C(c2cccc([N+](=O)[O-])c2)CC1c1ccccc1. The standard InChI is InChI=1S/C22H26N4O4/c1-22(2,15-27)23-12-11-21(28)25-20(16-7-4-3-5-8-16)14-19(24-25)17-9-6-10-18(13-17)26(29)30/h3-10,13,20,23,27H,11-12,14-15H2,1-2H3. The Bertz CT molecular complexity index is 943. The maximum Gasteiger partial charge on any atom is 0.270 e. The van der Waals surface area contributed by atoms with Crippen LogP contribution in [0.4, 0.5) is 5.69 Å². The van der Waals surface area contributed by atoms with Gasteiger partial charge in [0.1, 0.15) is 0 Å². The highest BCUT2D eigenvalue weighted by Crippen LogP contribution is 2.33. The van der Waals surface area contributed by atoms with E-state index in [0.29, 0.717) is 24.2 Å². The van der Waals surface area contributed by atoms with Gasteiger partial charge in [-0.3, -0.25) is 14.9 Å². The third-order valence-corrected chi connectivity index (χ3v) is 5.08. The zero-order valence-electron chi connectivity index (χ0n) is 17.1. The van der Waals surface area contributed by atoms with Crippen LogP contribution >= 0.6 is 0 Å². The summed E-state index contributed by atoms with van der Waals surface area (Å²) in [5.74, 6) is -0.148. The van der Waals surface area contributed by atoms with Gasteiger partial charge in [0.15, 0.2) is 0 Å². The average molecular weight is 410 g/mol. The molecule has 1 heterocycles. The van der Waals surface area contributed by atoms with Crippen molar-refractivity contribution in [1.29, 1.82) is 0 Å². The molecule has 1 atom stereocenters. The molecule has 2 aromatic carbocycles. The molecule has 0 aliphatic carbocycles. The van der Waals surface area contributed by atoms with Crippen LogP contribution in [0.15, 0.2) is 59.7 Å². The van der Waals surface area contributed by atoms with E-state index >= 15 is 0 Å². The number of rotatable bonds is 8. The molecule has 0 saturated heterocycles. The summed E-state index contributed by atoms with van der Waals surface area (Å²) in [6.07, 6.45) is 0.699. The number of nitro groups is 1. The van der Waals surface area contributed by atoms with E-state index in [4.69, 9.17) is 0 Å². The molecule has 2 aromatic rings. The van der Waals surface area contributed by atoms with Crippen molar-refractivity contribution >= 4 is 17.3 Å².